The number of aryl methyl sites for hydroxylation is 1. The van der Waals surface area contributed by atoms with Gasteiger partial charge in [-0.2, -0.15) is 4.31 Å². The van der Waals surface area contributed by atoms with Crippen LogP contribution in [-0.2, 0) is 19.9 Å². The molecule has 0 unspecified atom stereocenters. The van der Waals surface area contributed by atoms with Crippen molar-refractivity contribution >= 4 is 19.9 Å². The highest BCUT2D eigenvalue weighted by atomic mass is 32.2. The maximum atomic E-state index is 13.7. The molecular formula is C14H18FNO4S2. The lowest BCUT2D eigenvalue weighted by Gasteiger charge is -2.27. The molecule has 0 aromatic heterocycles. The molecule has 2 aliphatic rings. The third-order valence-electron chi connectivity index (χ3n) is 4.19. The molecule has 1 saturated carbocycles. The zero-order valence-corrected chi connectivity index (χ0v) is 13.8. The molecule has 2 fully saturated rings. The van der Waals surface area contributed by atoms with Crippen LogP contribution in [0.1, 0.15) is 24.8 Å². The molecule has 1 aliphatic carbocycles. The molecule has 0 N–H and O–H groups in total. The van der Waals surface area contributed by atoms with Gasteiger partial charge in [-0.25, -0.2) is 21.2 Å². The molecule has 5 nitrogen and oxygen atoms in total. The molecule has 1 atom stereocenters. The van der Waals surface area contributed by atoms with Gasteiger partial charge in [0.05, 0.1) is 16.4 Å². The van der Waals surface area contributed by atoms with Crippen molar-refractivity contribution in [2.24, 2.45) is 0 Å². The van der Waals surface area contributed by atoms with Crippen LogP contribution in [-0.4, -0.2) is 44.7 Å². The first-order valence-electron chi connectivity index (χ1n) is 7.21. The van der Waals surface area contributed by atoms with E-state index in [0.29, 0.717) is 12.0 Å². The summed E-state index contributed by atoms with van der Waals surface area (Å²) in [5, 5.41) is 0. The van der Waals surface area contributed by atoms with Gasteiger partial charge in [-0.15, -0.1) is 0 Å². The quantitative estimate of drug-likeness (QED) is 0.827. The highest BCUT2D eigenvalue weighted by Crippen LogP contribution is 2.37. The largest absolute Gasteiger partial charge is 0.243 e. The molecule has 1 aromatic carbocycles. The summed E-state index contributed by atoms with van der Waals surface area (Å²) >= 11 is 0. The zero-order valence-electron chi connectivity index (χ0n) is 12.2. The van der Waals surface area contributed by atoms with Crippen molar-refractivity contribution in [3.8, 4) is 0 Å². The number of sulfone groups is 1. The van der Waals surface area contributed by atoms with E-state index >= 15 is 0 Å². The van der Waals surface area contributed by atoms with Crippen LogP contribution in [0.15, 0.2) is 23.1 Å². The number of halogens is 1. The third-order valence-corrected chi connectivity index (χ3v) is 7.95. The van der Waals surface area contributed by atoms with E-state index in [1.54, 1.807) is 6.92 Å². The fourth-order valence-electron chi connectivity index (χ4n) is 2.85. The van der Waals surface area contributed by atoms with Crippen molar-refractivity contribution in [2.75, 3.05) is 11.5 Å². The van der Waals surface area contributed by atoms with Crippen molar-refractivity contribution in [1.82, 2.24) is 4.31 Å². The Balaban J connectivity index is 1.98. The lowest BCUT2D eigenvalue weighted by atomic mass is 10.2. The number of benzene rings is 1. The van der Waals surface area contributed by atoms with Crippen molar-refractivity contribution in [3.63, 3.8) is 0 Å². The fraction of sp³-hybridized carbons (Fsp3) is 0.571. The van der Waals surface area contributed by atoms with Crippen LogP contribution < -0.4 is 0 Å². The second kappa shape index (κ2) is 5.28. The summed E-state index contributed by atoms with van der Waals surface area (Å²) in [6.45, 7) is 1.56. The van der Waals surface area contributed by atoms with E-state index in [-0.39, 0.29) is 22.4 Å². The van der Waals surface area contributed by atoms with Gasteiger partial charge in [-0.05, 0) is 43.9 Å². The summed E-state index contributed by atoms with van der Waals surface area (Å²) < 4.78 is 64.0. The smallest absolute Gasteiger partial charge is 0.229 e. The Morgan fingerprint density at radius 3 is 2.36 bits per heavy atom. The van der Waals surface area contributed by atoms with Crippen LogP contribution in [0.4, 0.5) is 4.39 Å². The molecule has 0 bridgehead atoms. The average Bonchev–Trinajstić information content (AvgIpc) is 3.17. The van der Waals surface area contributed by atoms with E-state index in [9.17, 15) is 21.2 Å². The predicted octanol–water partition coefficient (Wildman–Crippen LogP) is 1.47. The maximum absolute atomic E-state index is 13.7. The van der Waals surface area contributed by atoms with E-state index in [2.05, 4.69) is 0 Å². The summed E-state index contributed by atoms with van der Waals surface area (Å²) in [6.07, 6.45) is 1.76. The summed E-state index contributed by atoms with van der Waals surface area (Å²) in [7, 11) is -7.07. The number of rotatable bonds is 4. The van der Waals surface area contributed by atoms with E-state index < -0.39 is 31.7 Å². The van der Waals surface area contributed by atoms with Gasteiger partial charge in [-0.3, -0.25) is 0 Å². The van der Waals surface area contributed by atoms with Gasteiger partial charge in [-0.1, -0.05) is 6.07 Å². The van der Waals surface area contributed by atoms with Gasteiger partial charge >= 0.3 is 0 Å². The minimum atomic E-state index is -3.88. The SMILES string of the molecule is Cc1ccc(S(=O)(=O)N(C2CC2)[C@@H]2CCS(=O)(=O)C2)cc1F. The number of sulfonamides is 1. The molecule has 1 aliphatic heterocycles. The van der Waals surface area contributed by atoms with E-state index in [1.807, 2.05) is 0 Å². The Labute approximate surface area is 130 Å². The van der Waals surface area contributed by atoms with Gasteiger partial charge in [0.15, 0.2) is 9.84 Å². The summed E-state index contributed by atoms with van der Waals surface area (Å²) in [6, 6.07) is 3.13. The maximum Gasteiger partial charge on any atom is 0.243 e. The fourth-order valence-corrected chi connectivity index (χ4v) is 6.57. The number of nitrogens with zero attached hydrogens (tertiary/aromatic N) is 1. The standard InChI is InChI=1S/C14H18FNO4S2/c1-10-2-5-13(8-14(10)15)22(19,20)16(11-3-4-11)12-6-7-21(17,18)9-12/h2,5,8,11-12H,3-4,6-7,9H2,1H3/t12-/m1/s1. The molecule has 0 spiro atoms. The van der Waals surface area contributed by atoms with Gasteiger partial charge in [0.2, 0.25) is 10.0 Å². The van der Waals surface area contributed by atoms with Crippen molar-refractivity contribution < 1.29 is 21.2 Å². The van der Waals surface area contributed by atoms with Gasteiger partial charge in [0.1, 0.15) is 5.82 Å². The van der Waals surface area contributed by atoms with Gasteiger partial charge in [0.25, 0.3) is 0 Å². The number of hydrogen-bond donors (Lipinski definition) is 0. The van der Waals surface area contributed by atoms with Gasteiger partial charge in [0, 0.05) is 12.1 Å². The highest BCUT2D eigenvalue weighted by Gasteiger charge is 2.46. The minimum Gasteiger partial charge on any atom is -0.229 e. The Kier molecular flexibility index (Phi) is 3.81. The third kappa shape index (κ3) is 2.91. The Hall–Kier alpha value is -0.990. The first-order chi connectivity index (χ1) is 10.2. The Morgan fingerprint density at radius 2 is 1.86 bits per heavy atom. The van der Waals surface area contributed by atoms with Crippen LogP contribution in [0.2, 0.25) is 0 Å². The summed E-state index contributed by atoms with van der Waals surface area (Å²) in [5.41, 5.74) is 0.375. The van der Waals surface area contributed by atoms with Crippen LogP contribution in [0.3, 0.4) is 0 Å². The van der Waals surface area contributed by atoms with E-state index in [4.69, 9.17) is 0 Å². The summed E-state index contributed by atoms with van der Waals surface area (Å²) in [5.74, 6) is -0.702. The first-order valence-corrected chi connectivity index (χ1v) is 10.5. The topological polar surface area (TPSA) is 71.5 Å². The molecule has 1 aromatic rings. The molecule has 0 radical (unpaired) electrons. The van der Waals surface area contributed by atoms with Crippen LogP contribution in [0, 0.1) is 12.7 Å². The van der Waals surface area contributed by atoms with Gasteiger partial charge < -0.3 is 0 Å². The normalized spacial score (nSPS) is 24.8. The first kappa shape index (κ1) is 15.9. The average molecular weight is 347 g/mol. The van der Waals surface area contributed by atoms with Crippen LogP contribution >= 0.6 is 0 Å². The molecule has 3 rings (SSSR count). The Morgan fingerprint density at radius 1 is 1.18 bits per heavy atom. The monoisotopic (exact) mass is 347 g/mol. The zero-order chi connectivity index (χ0) is 16.1. The van der Waals surface area contributed by atoms with Crippen LogP contribution in [0.25, 0.3) is 0 Å². The lowest BCUT2D eigenvalue weighted by molar-refractivity contribution is 0.332. The Bertz CT molecular complexity index is 800. The second-order valence-electron chi connectivity index (χ2n) is 6.03. The molecule has 8 heteroatoms. The predicted molar refractivity (Wildman–Crippen MR) is 80.2 cm³/mol. The molecule has 122 valence electrons. The molecule has 1 heterocycles. The van der Waals surface area contributed by atoms with E-state index in [1.165, 1.54) is 16.4 Å². The van der Waals surface area contributed by atoms with Crippen molar-refractivity contribution in [2.45, 2.75) is 43.2 Å². The van der Waals surface area contributed by atoms with E-state index in [0.717, 1.165) is 18.9 Å². The second-order valence-corrected chi connectivity index (χ2v) is 10.1. The lowest BCUT2D eigenvalue weighted by Crippen LogP contribution is -2.42. The summed E-state index contributed by atoms with van der Waals surface area (Å²) in [4.78, 5) is -0.105. The molecular weight excluding hydrogens is 329 g/mol. The minimum absolute atomic E-state index is 0.0126. The highest BCUT2D eigenvalue weighted by molar-refractivity contribution is 7.92. The number of hydrogen-bond acceptors (Lipinski definition) is 4. The van der Waals surface area contributed by atoms with Crippen molar-refractivity contribution in [1.29, 1.82) is 0 Å². The van der Waals surface area contributed by atoms with Crippen LogP contribution in [0.5, 0.6) is 0 Å². The molecule has 1 saturated heterocycles. The molecule has 22 heavy (non-hydrogen) atoms. The van der Waals surface area contributed by atoms with Crippen molar-refractivity contribution in [3.05, 3.63) is 29.6 Å². The molecule has 0 amide bonds.